The Bertz CT molecular complexity index is 321. The van der Waals surface area contributed by atoms with E-state index < -0.39 is 5.97 Å². The largest absolute Gasteiger partial charge is 0.478 e. The summed E-state index contributed by atoms with van der Waals surface area (Å²) in [6.45, 7) is 1.95. The van der Waals surface area contributed by atoms with Gasteiger partial charge in [-0.3, -0.25) is 0 Å². The van der Waals surface area contributed by atoms with E-state index in [4.69, 9.17) is 10.8 Å². The standard InChI is InChI=1S/C11H15NO2/c1-8(12)5-6-9-3-2-4-10(7-9)11(13)14/h2-4,7-8H,5-6,12H2,1H3,(H,13,14)/t8-/m0/s1. The lowest BCUT2D eigenvalue weighted by Gasteiger charge is -2.05. The van der Waals surface area contributed by atoms with Crippen molar-refractivity contribution in [3.63, 3.8) is 0 Å². The molecule has 0 heterocycles. The number of nitrogens with two attached hydrogens (primary N) is 1. The molecular weight excluding hydrogens is 178 g/mol. The Kier molecular flexibility index (Phi) is 3.65. The molecule has 0 aromatic heterocycles. The summed E-state index contributed by atoms with van der Waals surface area (Å²) in [5, 5.41) is 8.76. The quantitative estimate of drug-likeness (QED) is 0.764. The molecule has 3 nitrogen and oxygen atoms in total. The molecule has 0 amide bonds. The van der Waals surface area contributed by atoms with E-state index in [1.807, 2.05) is 13.0 Å². The molecule has 0 saturated carbocycles. The summed E-state index contributed by atoms with van der Waals surface area (Å²) >= 11 is 0. The second-order valence-electron chi connectivity index (χ2n) is 3.52. The molecule has 0 bridgehead atoms. The van der Waals surface area contributed by atoms with Gasteiger partial charge < -0.3 is 10.8 Å². The van der Waals surface area contributed by atoms with Crippen molar-refractivity contribution in [1.29, 1.82) is 0 Å². The maximum atomic E-state index is 10.7. The molecule has 0 aliphatic rings. The van der Waals surface area contributed by atoms with Crippen molar-refractivity contribution in [2.75, 3.05) is 0 Å². The Labute approximate surface area is 83.6 Å². The predicted octanol–water partition coefficient (Wildman–Crippen LogP) is 1.66. The number of benzene rings is 1. The predicted molar refractivity (Wildman–Crippen MR) is 55.4 cm³/mol. The number of carbonyl (C=O) groups is 1. The fourth-order valence-corrected chi connectivity index (χ4v) is 1.25. The van der Waals surface area contributed by atoms with E-state index in [9.17, 15) is 4.79 Å². The third kappa shape index (κ3) is 3.18. The SMILES string of the molecule is C[C@H](N)CCc1cccc(C(=O)O)c1. The van der Waals surface area contributed by atoms with Crippen molar-refractivity contribution < 1.29 is 9.90 Å². The fraction of sp³-hybridized carbons (Fsp3) is 0.364. The zero-order valence-electron chi connectivity index (χ0n) is 8.23. The molecule has 1 aromatic rings. The highest BCUT2D eigenvalue weighted by Crippen LogP contribution is 2.08. The summed E-state index contributed by atoms with van der Waals surface area (Å²) in [5.74, 6) is -0.882. The van der Waals surface area contributed by atoms with E-state index in [2.05, 4.69) is 0 Å². The van der Waals surface area contributed by atoms with Crippen molar-refractivity contribution in [1.82, 2.24) is 0 Å². The molecule has 3 heteroatoms. The van der Waals surface area contributed by atoms with Crippen LogP contribution in [0.5, 0.6) is 0 Å². The second kappa shape index (κ2) is 4.77. The molecule has 1 aromatic carbocycles. The third-order valence-corrected chi connectivity index (χ3v) is 2.06. The van der Waals surface area contributed by atoms with Crippen LogP contribution in [0.4, 0.5) is 0 Å². The molecule has 1 atom stereocenters. The van der Waals surface area contributed by atoms with Crippen LogP contribution in [0.2, 0.25) is 0 Å². The molecule has 1 rings (SSSR count). The normalized spacial score (nSPS) is 12.4. The van der Waals surface area contributed by atoms with E-state index >= 15 is 0 Å². The van der Waals surface area contributed by atoms with Crippen LogP contribution in [-0.2, 0) is 6.42 Å². The monoisotopic (exact) mass is 193 g/mol. The number of hydrogen-bond acceptors (Lipinski definition) is 2. The van der Waals surface area contributed by atoms with Crippen molar-refractivity contribution in [2.45, 2.75) is 25.8 Å². The van der Waals surface area contributed by atoms with E-state index in [0.29, 0.717) is 5.56 Å². The Morgan fingerprint density at radius 2 is 2.29 bits per heavy atom. The molecule has 14 heavy (non-hydrogen) atoms. The zero-order valence-corrected chi connectivity index (χ0v) is 8.23. The van der Waals surface area contributed by atoms with E-state index in [-0.39, 0.29) is 6.04 Å². The first-order chi connectivity index (χ1) is 6.59. The van der Waals surface area contributed by atoms with Crippen molar-refractivity contribution in [3.8, 4) is 0 Å². The van der Waals surface area contributed by atoms with Crippen LogP contribution >= 0.6 is 0 Å². The number of rotatable bonds is 4. The summed E-state index contributed by atoms with van der Waals surface area (Å²) in [4.78, 5) is 10.7. The Hall–Kier alpha value is -1.35. The number of aryl methyl sites for hydroxylation is 1. The number of carboxylic acid groups (broad SMARTS) is 1. The highest BCUT2D eigenvalue weighted by molar-refractivity contribution is 5.87. The molecule has 0 radical (unpaired) electrons. The van der Waals surface area contributed by atoms with Crippen LogP contribution in [0.25, 0.3) is 0 Å². The second-order valence-corrected chi connectivity index (χ2v) is 3.52. The molecule has 0 fully saturated rings. The molecule has 0 unspecified atom stereocenters. The average molecular weight is 193 g/mol. The molecule has 0 spiro atoms. The molecule has 0 aliphatic heterocycles. The van der Waals surface area contributed by atoms with Gasteiger partial charge in [0, 0.05) is 6.04 Å². The summed E-state index contributed by atoms with van der Waals surface area (Å²) < 4.78 is 0. The first-order valence-corrected chi connectivity index (χ1v) is 4.67. The first-order valence-electron chi connectivity index (χ1n) is 4.67. The Morgan fingerprint density at radius 1 is 1.57 bits per heavy atom. The smallest absolute Gasteiger partial charge is 0.335 e. The van der Waals surface area contributed by atoms with Crippen LogP contribution in [0.3, 0.4) is 0 Å². The summed E-state index contributed by atoms with van der Waals surface area (Å²) in [7, 11) is 0. The van der Waals surface area contributed by atoms with Gasteiger partial charge in [0.2, 0.25) is 0 Å². The zero-order chi connectivity index (χ0) is 10.6. The van der Waals surface area contributed by atoms with Gasteiger partial charge in [-0.15, -0.1) is 0 Å². The van der Waals surface area contributed by atoms with Crippen LogP contribution in [0.1, 0.15) is 29.3 Å². The number of hydrogen-bond donors (Lipinski definition) is 2. The van der Waals surface area contributed by atoms with Crippen LogP contribution < -0.4 is 5.73 Å². The van der Waals surface area contributed by atoms with Gasteiger partial charge in [0.25, 0.3) is 0 Å². The molecule has 0 aliphatic carbocycles. The third-order valence-electron chi connectivity index (χ3n) is 2.06. The van der Waals surface area contributed by atoms with Crippen LogP contribution in [0, 0.1) is 0 Å². The van der Waals surface area contributed by atoms with Crippen LogP contribution in [0.15, 0.2) is 24.3 Å². The minimum Gasteiger partial charge on any atom is -0.478 e. The summed E-state index contributed by atoms with van der Waals surface area (Å²) in [5.41, 5.74) is 6.99. The summed E-state index contributed by atoms with van der Waals surface area (Å²) in [6, 6.07) is 7.14. The van der Waals surface area contributed by atoms with Gasteiger partial charge in [-0.2, -0.15) is 0 Å². The number of aromatic carboxylic acids is 1. The highest BCUT2D eigenvalue weighted by atomic mass is 16.4. The topological polar surface area (TPSA) is 63.3 Å². The lowest BCUT2D eigenvalue weighted by molar-refractivity contribution is 0.0697. The molecule has 0 saturated heterocycles. The Morgan fingerprint density at radius 3 is 2.86 bits per heavy atom. The van der Waals surface area contributed by atoms with Gasteiger partial charge in [0.05, 0.1) is 5.56 Å². The van der Waals surface area contributed by atoms with Gasteiger partial charge in [0.15, 0.2) is 0 Å². The lowest BCUT2D eigenvalue weighted by Crippen LogP contribution is -2.15. The Balaban J connectivity index is 2.69. The van der Waals surface area contributed by atoms with Gasteiger partial charge >= 0.3 is 5.97 Å². The molecule has 3 N–H and O–H groups in total. The maximum absolute atomic E-state index is 10.7. The minimum absolute atomic E-state index is 0.156. The van der Waals surface area contributed by atoms with Crippen molar-refractivity contribution in [2.24, 2.45) is 5.73 Å². The fourth-order valence-electron chi connectivity index (χ4n) is 1.25. The number of carboxylic acids is 1. The van der Waals surface area contributed by atoms with E-state index in [0.717, 1.165) is 18.4 Å². The molecular formula is C11H15NO2. The van der Waals surface area contributed by atoms with Gasteiger partial charge in [-0.1, -0.05) is 12.1 Å². The highest BCUT2D eigenvalue weighted by Gasteiger charge is 2.03. The van der Waals surface area contributed by atoms with Gasteiger partial charge in [0.1, 0.15) is 0 Å². The average Bonchev–Trinajstić information content (AvgIpc) is 2.15. The van der Waals surface area contributed by atoms with Gasteiger partial charge in [-0.05, 0) is 37.5 Å². The lowest BCUT2D eigenvalue weighted by atomic mass is 10.0. The van der Waals surface area contributed by atoms with Gasteiger partial charge in [-0.25, -0.2) is 4.79 Å². The van der Waals surface area contributed by atoms with Crippen molar-refractivity contribution in [3.05, 3.63) is 35.4 Å². The van der Waals surface area contributed by atoms with E-state index in [1.165, 1.54) is 0 Å². The minimum atomic E-state index is -0.882. The maximum Gasteiger partial charge on any atom is 0.335 e. The van der Waals surface area contributed by atoms with Crippen LogP contribution in [-0.4, -0.2) is 17.1 Å². The molecule has 76 valence electrons. The first kappa shape index (κ1) is 10.7. The summed E-state index contributed by atoms with van der Waals surface area (Å²) in [6.07, 6.45) is 1.71. The van der Waals surface area contributed by atoms with E-state index in [1.54, 1.807) is 18.2 Å². The van der Waals surface area contributed by atoms with Crippen molar-refractivity contribution >= 4 is 5.97 Å².